The van der Waals surface area contributed by atoms with Crippen molar-refractivity contribution in [1.82, 2.24) is 9.80 Å². The number of ether oxygens (including phenoxy) is 2. The lowest BCUT2D eigenvalue weighted by molar-refractivity contribution is -0.160. The fraction of sp³-hybridized carbons (Fsp3) is 0.267. The number of hydrogen-bond acceptors (Lipinski definition) is 4. The van der Waals surface area contributed by atoms with E-state index in [1.807, 2.05) is 48.5 Å². The molecule has 2 atom stereocenters. The summed E-state index contributed by atoms with van der Waals surface area (Å²) in [5.74, 6) is 1.25. The first kappa shape index (κ1) is 26.5. The molecule has 1 unspecified atom stereocenters. The molecule has 2 amide bonds. The monoisotopic (exact) mass is 486 g/mol. The number of rotatable bonds is 14. The van der Waals surface area contributed by atoms with Gasteiger partial charge in [-0.3, -0.25) is 9.59 Å². The molecule has 6 heteroatoms. The molecule has 0 saturated carbocycles. The summed E-state index contributed by atoms with van der Waals surface area (Å²) in [5.41, 5.74) is 1.88. The van der Waals surface area contributed by atoms with Crippen molar-refractivity contribution < 1.29 is 19.1 Å². The van der Waals surface area contributed by atoms with Crippen LogP contribution < -0.4 is 9.47 Å². The highest BCUT2D eigenvalue weighted by molar-refractivity contribution is 5.97. The van der Waals surface area contributed by atoms with Crippen LogP contribution in [0.15, 0.2) is 99.2 Å². The SMILES string of the molecule is C=CCOc1ccc(CC2C(=O)N(CC=C)[C@@H](Cc3ccc(OCC=C)cc3)C(=O)N2CC=C)cc1. The van der Waals surface area contributed by atoms with Crippen LogP contribution in [0.1, 0.15) is 11.1 Å². The van der Waals surface area contributed by atoms with Gasteiger partial charge in [-0.15, -0.1) is 13.2 Å². The van der Waals surface area contributed by atoms with E-state index in [2.05, 4.69) is 26.3 Å². The van der Waals surface area contributed by atoms with Crippen LogP contribution in [0.2, 0.25) is 0 Å². The maximum Gasteiger partial charge on any atom is 0.246 e. The number of benzene rings is 2. The molecule has 2 aromatic rings. The van der Waals surface area contributed by atoms with E-state index in [1.54, 1.807) is 34.1 Å². The van der Waals surface area contributed by atoms with Gasteiger partial charge in [0.1, 0.15) is 36.8 Å². The number of hydrogen-bond donors (Lipinski definition) is 0. The van der Waals surface area contributed by atoms with Crippen LogP contribution >= 0.6 is 0 Å². The van der Waals surface area contributed by atoms with Gasteiger partial charge in [-0.05, 0) is 35.4 Å². The smallest absolute Gasteiger partial charge is 0.246 e. The zero-order chi connectivity index (χ0) is 25.9. The topological polar surface area (TPSA) is 59.1 Å². The third-order valence-electron chi connectivity index (χ3n) is 5.98. The molecule has 188 valence electrons. The van der Waals surface area contributed by atoms with E-state index in [0.29, 0.717) is 39.1 Å². The average Bonchev–Trinajstić information content (AvgIpc) is 2.90. The van der Waals surface area contributed by atoms with Crippen molar-refractivity contribution >= 4 is 11.8 Å². The molecule has 1 saturated heterocycles. The molecule has 6 nitrogen and oxygen atoms in total. The standard InChI is InChI=1S/C30H34N2O4/c1-5-17-31-27(21-23-9-13-25(14-10-23)35-19-7-3)30(34)32(18-6-2)28(29(31)33)22-24-11-15-26(16-12-24)36-20-8-4/h5-16,27-28H,1-4,17-22H2/t27-,28?/m0/s1. The van der Waals surface area contributed by atoms with Gasteiger partial charge in [0.2, 0.25) is 11.8 Å². The summed E-state index contributed by atoms with van der Waals surface area (Å²) in [7, 11) is 0. The first-order valence-electron chi connectivity index (χ1n) is 12.0. The molecule has 0 aromatic heterocycles. The molecule has 0 N–H and O–H groups in total. The Labute approximate surface area is 213 Å². The highest BCUT2D eigenvalue weighted by atomic mass is 16.5. The lowest BCUT2D eigenvalue weighted by atomic mass is 9.94. The molecular formula is C30H34N2O4. The van der Waals surface area contributed by atoms with E-state index >= 15 is 0 Å². The molecule has 0 bridgehead atoms. The lowest BCUT2D eigenvalue weighted by Gasteiger charge is -2.44. The summed E-state index contributed by atoms with van der Waals surface area (Å²) in [6.07, 6.45) is 7.49. The quantitative estimate of drug-likeness (QED) is 0.372. The predicted molar refractivity (Wildman–Crippen MR) is 143 cm³/mol. The zero-order valence-electron chi connectivity index (χ0n) is 20.7. The van der Waals surface area contributed by atoms with E-state index in [4.69, 9.17) is 9.47 Å². The van der Waals surface area contributed by atoms with Crippen LogP contribution in [-0.2, 0) is 22.4 Å². The van der Waals surface area contributed by atoms with Gasteiger partial charge in [-0.1, -0.05) is 61.7 Å². The largest absolute Gasteiger partial charge is 0.490 e. The number of nitrogens with zero attached hydrogens (tertiary/aromatic N) is 2. The van der Waals surface area contributed by atoms with Gasteiger partial charge in [0.05, 0.1) is 0 Å². The molecule has 3 rings (SSSR count). The van der Waals surface area contributed by atoms with Crippen molar-refractivity contribution in [3.8, 4) is 11.5 Å². The van der Waals surface area contributed by atoms with E-state index in [0.717, 1.165) is 22.6 Å². The van der Waals surface area contributed by atoms with Crippen LogP contribution in [0.4, 0.5) is 0 Å². The molecule has 0 spiro atoms. The predicted octanol–water partition coefficient (Wildman–Crippen LogP) is 4.38. The number of piperazine rings is 1. The molecule has 0 aliphatic carbocycles. The van der Waals surface area contributed by atoms with Crippen molar-refractivity contribution in [2.45, 2.75) is 24.9 Å². The van der Waals surface area contributed by atoms with Crippen molar-refractivity contribution in [1.29, 1.82) is 0 Å². The summed E-state index contributed by atoms with van der Waals surface area (Å²) in [4.78, 5) is 30.7. The second-order valence-electron chi connectivity index (χ2n) is 8.49. The van der Waals surface area contributed by atoms with Crippen LogP contribution in [-0.4, -0.2) is 60.0 Å². The first-order valence-corrected chi connectivity index (χ1v) is 12.0. The normalized spacial score (nSPS) is 17.4. The van der Waals surface area contributed by atoms with Crippen molar-refractivity contribution in [3.05, 3.63) is 110 Å². The van der Waals surface area contributed by atoms with Crippen LogP contribution in [0.3, 0.4) is 0 Å². The van der Waals surface area contributed by atoms with Gasteiger partial charge < -0.3 is 19.3 Å². The molecule has 2 aromatic carbocycles. The first-order chi connectivity index (χ1) is 17.5. The molecule has 0 radical (unpaired) electrons. The number of carbonyl (C=O) groups excluding carboxylic acids is 2. The highest BCUT2D eigenvalue weighted by Gasteiger charge is 2.44. The van der Waals surface area contributed by atoms with E-state index in [9.17, 15) is 9.59 Å². The Morgan fingerprint density at radius 1 is 0.611 bits per heavy atom. The third kappa shape index (κ3) is 6.54. The maximum absolute atomic E-state index is 13.7. The minimum absolute atomic E-state index is 0.0979. The van der Waals surface area contributed by atoms with Crippen molar-refractivity contribution in [2.24, 2.45) is 0 Å². The van der Waals surface area contributed by atoms with Crippen molar-refractivity contribution in [3.63, 3.8) is 0 Å². The van der Waals surface area contributed by atoms with Gasteiger partial charge in [-0.2, -0.15) is 0 Å². The Morgan fingerprint density at radius 2 is 0.972 bits per heavy atom. The second kappa shape index (κ2) is 13.1. The van der Waals surface area contributed by atoms with Crippen LogP contribution in [0.25, 0.3) is 0 Å². The Kier molecular flexibility index (Phi) is 9.69. The highest BCUT2D eigenvalue weighted by Crippen LogP contribution is 2.25. The zero-order valence-corrected chi connectivity index (χ0v) is 20.7. The summed E-state index contributed by atoms with van der Waals surface area (Å²) in [5, 5.41) is 0. The van der Waals surface area contributed by atoms with Gasteiger partial charge in [0.15, 0.2) is 0 Å². The molecular weight excluding hydrogens is 452 g/mol. The fourth-order valence-electron chi connectivity index (χ4n) is 4.26. The molecule has 1 aliphatic heterocycles. The minimum Gasteiger partial charge on any atom is -0.490 e. The minimum atomic E-state index is -0.624. The van der Waals surface area contributed by atoms with Gasteiger partial charge in [-0.25, -0.2) is 0 Å². The molecule has 1 heterocycles. The average molecular weight is 487 g/mol. The van der Waals surface area contributed by atoms with E-state index < -0.39 is 12.1 Å². The van der Waals surface area contributed by atoms with Gasteiger partial charge in [0.25, 0.3) is 0 Å². The number of carbonyl (C=O) groups is 2. The Morgan fingerprint density at radius 3 is 1.28 bits per heavy atom. The summed E-state index contributed by atoms with van der Waals surface area (Å²) >= 11 is 0. The summed E-state index contributed by atoms with van der Waals surface area (Å²) in [6.45, 7) is 16.4. The molecule has 1 aliphatic rings. The van der Waals surface area contributed by atoms with Crippen molar-refractivity contribution in [2.75, 3.05) is 26.3 Å². The van der Waals surface area contributed by atoms with Gasteiger partial charge in [0, 0.05) is 25.9 Å². The van der Waals surface area contributed by atoms with Crippen LogP contribution in [0.5, 0.6) is 11.5 Å². The summed E-state index contributed by atoms with van der Waals surface area (Å²) < 4.78 is 11.1. The third-order valence-corrected chi connectivity index (χ3v) is 5.98. The molecule has 36 heavy (non-hydrogen) atoms. The second-order valence-corrected chi connectivity index (χ2v) is 8.49. The Hall–Kier alpha value is -4.06. The van der Waals surface area contributed by atoms with E-state index in [-0.39, 0.29) is 11.8 Å². The maximum atomic E-state index is 13.7. The number of amides is 2. The van der Waals surface area contributed by atoms with Gasteiger partial charge >= 0.3 is 0 Å². The van der Waals surface area contributed by atoms with E-state index in [1.165, 1.54) is 0 Å². The Balaban J connectivity index is 1.82. The fourth-order valence-corrected chi connectivity index (χ4v) is 4.26. The molecule has 1 fully saturated rings. The summed E-state index contributed by atoms with van der Waals surface area (Å²) in [6, 6.07) is 13.9. The lowest BCUT2D eigenvalue weighted by Crippen LogP contribution is -2.65. The Bertz CT molecular complexity index is 988. The van der Waals surface area contributed by atoms with Crippen LogP contribution in [0, 0.1) is 0 Å².